The van der Waals surface area contributed by atoms with E-state index in [4.69, 9.17) is 5.73 Å². The standard InChI is InChI=1S/C8H14N4S/c1-2-10-5-6-13-8-7(9)11-3-4-12-8/h3-4,10H,2,5-6H2,1H3,(H2,9,11). The molecule has 0 amide bonds. The minimum absolute atomic E-state index is 0.518. The highest BCUT2D eigenvalue weighted by Gasteiger charge is 1.99. The van der Waals surface area contributed by atoms with Gasteiger partial charge < -0.3 is 11.1 Å². The molecule has 72 valence electrons. The molecule has 1 aromatic rings. The smallest absolute Gasteiger partial charge is 0.156 e. The molecule has 0 aliphatic heterocycles. The zero-order valence-corrected chi connectivity index (χ0v) is 8.47. The zero-order chi connectivity index (χ0) is 9.52. The molecule has 0 aliphatic rings. The Labute approximate surface area is 82.3 Å². The third-order valence-electron chi connectivity index (χ3n) is 1.46. The molecular weight excluding hydrogens is 184 g/mol. The molecule has 5 heteroatoms. The quantitative estimate of drug-likeness (QED) is 0.540. The van der Waals surface area contributed by atoms with Gasteiger partial charge in [-0.25, -0.2) is 9.97 Å². The van der Waals surface area contributed by atoms with Gasteiger partial charge in [0, 0.05) is 24.7 Å². The van der Waals surface area contributed by atoms with Crippen LogP contribution in [0.4, 0.5) is 5.82 Å². The number of hydrogen-bond acceptors (Lipinski definition) is 5. The van der Waals surface area contributed by atoms with Crippen LogP contribution in [-0.2, 0) is 0 Å². The maximum Gasteiger partial charge on any atom is 0.156 e. The molecule has 0 radical (unpaired) electrons. The van der Waals surface area contributed by atoms with E-state index >= 15 is 0 Å². The van der Waals surface area contributed by atoms with Crippen molar-refractivity contribution >= 4 is 17.6 Å². The van der Waals surface area contributed by atoms with Crippen molar-refractivity contribution in [2.75, 3.05) is 24.6 Å². The van der Waals surface area contributed by atoms with E-state index in [1.807, 2.05) is 0 Å². The summed E-state index contributed by atoms with van der Waals surface area (Å²) in [6, 6.07) is 0. The molecule has 0 atom stereocenters. The maximum atomic E-state index is 5.62. The lowest BCUT2D eigenvalue weighted by atomic mass is 10.7. The molecule has 0 aromatic carbocycles. The van der Waals surface area contributed by atoms with Crippen molar-refractivity contribution in [2.24, 2.45) is 0 Å². The average Bonchev–Trinajstić information content (AvgIpc) is 2.15. The summed E-state index contributed by atoms with van der Waals surface area (Å²) >= 11 is 1.63. The normalized spacial score (nSPS) is 10.2. The highest BCUT2D eigenvalue weighted by atomic mass is 32.2. The van der Waals surface area contributed by atoms with Crippen molar-refractivity contribution in [2.45, 2.75) is 11.9 Å². The Morgan fingerprint density at radius 1 is 1.46 bits per heavy atom. The molecule has 0 unspecified atom stereocenters. The minimum atomic E-state index is 0.518. The summed E-state index contributed by atoms with van der Waals surface area (Å²) in [7, 11) is 0. The van der Waals surface area contributed by atoms with Crippen molar-refractivity contribution in [1.82, 2.24) is 15.3 Å². The van der Waals surface area contributed by atoms with Gasteiger partial charge in [0.05, 0.1) is 0 Å². The van der Waals surface area contributed by atoms with E-state index in [1.165, 1.54) is 0 Å². The topological polar surface area (TPSA) is 63.8 Å². The molecule has 0 bridgehead atoms. The van der Waals surface area contributed by atoms with Gasteiger partial charge in [0.2, 0.25) is 0 Å². The predicted octanol–water partition coefficient (Wildman–Crippen LogP) is 0.760. The third kappa shape index (κ3) is 3.61. The summed E-state index contributed by atoms with van der Waals surface area (Å²) in [6.07, 6.45) is 3.26. The Morgan fingerprint density at radius 3 is 2.92 bits per heavy atom. The second-order valence-electron chi connectivity index (χ2n) is 2.45. The summed E-state index contributed by atoms with van der Waals surface area (Å²) < 4.78 is 0. The summed E-state index contributed by atoms with van der Waals surface area (Å²) in [4.78, 5) is 8.08. The average molecular weight is 198 g/mol. The van der Waals surface area contributed by atoms with Crippen LogP contribution < -0.4 is 11.1 Å². The van der Waals surface area contributed by atoms with Gasteiger partial charge in [0.1, 0.15) is 5.03 Å². The van der Waals surface area contributed by atoms with Gasteiger partial charge in [-0.3, -0.25) is 0 Å². The number of hydrogen-bond donors (Lipinski definition) is 2. The van der Waals surface area contributed by atoms with Crippen LogP contribution in [0.25, 0.3) is 0 Å². The second kappa shape index (κ2) is 5.77. The predicted molar refractivity (Wildman–Crippen MR) is 55.7 cm³/mol. The Hall–Kier alpha value is -0.810. The number of nitrogens with one attached hydrogen (secondary N) is 1. The van der Waals surface area contributed by atoms with Crippen LogP contribution in [0.5, 0.6) is 0 Å². The van der Waals surface area contributed by atoms with Crippen molar-refractivity contribution in [3.63, 3.8) is 0 Å². The van der Waals surface area contributed by atoms with Crippen LogP contribution in [0, 0.1) is 0 Å². The van der Waals surface area contributed by atoms with Crippen LogP contribution in [0.15, 0.2) is 17.4 Å². The summed E-state index contributed by atoms with van der Waals surface area (Å²) in [6.45, 7) is 4.05. The molecule has 1 heterocycles. The Kier molecular flexibility index (Phi) is 4.56. The molecule has 1 rings (SSSR count). The summed E-state index contributed by atoms with van der Waals surface area (Å²) in [5.74, 6) is 1.49. The molecule has 0 fully saturated rings. The van der Waals surface area contributed by atoms with Gasteiger partial charge in [-0.15, -0.1) is 11.8 Å². The van der Waals surface area contributed by atoms with Gasteiger partial charge in [-0.1, -0.05) is 6.92 Å². The summed E-state index contributed by atoms with van der Waals surface area (Å²) in [5.41, 5.74) is 5.62. The van der Waals surface area contributed by atoms with Gasteiger partial charge in [-0.2, -0.15) is 0 Å². The van der Waals surface area contributed by atoms with Gasteiger partial charge in [0.25, 0.3) is 0 Å². The number of nitrogen functional groups attached to an aromatic ring is 1. The van der Waals surface area contributed by atoms with Crippen LogP contribution in [0.3, 0.4) is 0 Å². The van der Waals surface area contributed by atoms with Gasteiger partial charge in [-0.05, 0) is 6.54 Å². The van der Waals surface area contributed by atoms with E-state index in [1.54, 1.807) is 24.2 Å². The van der Waals surface area contributed by atoms with Crippen molar-refractivity contribution in [1.29, 1.82) is 0 Å². The van der Waals surface area contributed by atoms with Crippen LogP contribution >= 0.6 is 11.8 Å². The molecular formula is C8H14N4S. The first-order chi connectivity index (χ1) is 6.34. The first-order valence-corrected chi connectivity index (χ1v) is 5.23. The van der Waals surface area contributed by atoms with E-state index < -0.39 is 0 Å². The largest absolute Gasteiger partial charge is 0.381 e. The molecule has 0 spiro atoms. The molecule has 13 heavy (non-hydrogen) atoms. The maximum absolute atomic E-state index is 5.62. The number of nitrogens with zero attached hydrogens (tertiary/aromatic N) is 2. The fraction of sp³-hybridized carbons (Fsp3) is 0.500. The number of nitrogens with two attached hydrogens (primary N) is 1. The monoisotopic (exact) mass is 198 g/mol. The minimum Gasteiger partial charge on any atom is -0.381 e. The SMILES string of the molecule is CCNCCSc1nccnc1N. The molecule has 1 aromatic heterocycles. The number of aromatic nitrogens is 2. The lowest BCUT2D eigenvalue weighted by Gasteiger charge is -2.02. The summed E-state index contributed by atoms with van der Waals surface area (Å²) in [5, 5.41) is 4.05. The fourth-order valence-corrected chi connectivity index (χ4v) is 1.62. The molecule has 4 nitrogen and oxygen atoms in total. The number of rotatable bonds is 5. The van der Waals surface area contributed by atoms with E-state index in [0.29, 0.717) is 5.82 Å². The Bertz CT molecular complexity index is 254. The second-order valence-corrected chi connectivity index (χ2v) is 3.53. The van der Waals surface area contributed by atoms with Gasteiger partial charge >= 0.3 is 0 Å². The highest BCUT2D eigenvalue weighted by molar-refractivity contribution is 7.99. The fourth-order valence-electron chi connectivity index (χ4n) is 0.844. The van der Waals surface area contributed by atoms with Crippen molar-refractivity contribution in [3.05, 3.63) is 12.4 Å². The van der Waals surface area contributed by atoms with Crippen LogP contribution in [-0.4, -0.2) is 28.8 Å². The van der Waals surface area contributed by atoms with Crippen LogP contribution in [0.1, 0.15) is 6.92 Å². The molecule has 0 aliphatic carbocycles. The number of thioether (sulfide) groups is 1. The highest BCUT2D eigenvalue weighted by Crippen LogP contribution is 2.18. The lowest BCUT2D eigenvalue weighted by Crippen LogP contribution is -2.16. The van der Waals surface area contributed by atoms with E-state index in [-0.39, 0.29) is 0 Å². The molecule has 3 N–H and O–H groups in total. The van der Waals surface area contributed by atoms with E-state index in [2.05, 4.69) is 22.2 Å². The van der Waals surface area contributed by atoms with Crippen LogP contribution in [0.2, 0.25) is 0 Å². The lowest BCUT2D eigenvalue weighted by molar-refractivity contribution is 0.768. The first-order valence-electron chi connectivity index (χ1n) is 4.24. The van der Waals surface area contributed by atoms with Gasteiger partial charge in [0.15, 0.2) is 5.82 Å². The zero-order valence-electron chi connectivity index (χ0n) is 7.66. The Balaban J connectivity index is 2.32. The number of anilines is 1. The van der Waals surface area contributed by atoms with E-state index in [9.17, 15) is 0 Å². The molecule has 0 saturated heterocycles. The molecule has 0 saturated carbocycles. The first kappa shape index (κ1) is 10.3. The van der Waals surface area contributed by atoms with E-state index in [0.717, 1.165) is 23.9 Å². The van der Waals surface area contributed by atoms with Crippen molar-refractivity contribution < 1.29 is 0 Å². The Morgan fingerprint density at radius 2 is 2.23 bits per heavy atom. The van der Waals surface area contributed by atoms with Crippen molar-refractivity contribution in [3.8, 4) is 0 Å². The third-order valence-corrected chi connectivity index (χ3v) is 2.46.